The molecule has 0 aromatic heterocycles. The second kappa shape index (κ2) is 5.35. The molecule has 0 spiro atoms. The number of hydrogen-bond donors (Lipinski definition) is 2. The second-order valence-electron chi connectivity index (χ2n) is 1.86. The highest BCUT2D eigenvalue weighted by Gasteiger charge is 1.91. The standard InChI is InChI=1S/C9H12O2/c1-3-5-6-7-9(11)8(10)4-2/h3-7,10-11H,2H2,1H3/b5-3-,7-6-,9-8-. The molecule has 0 bridgehead atoms. The minimum absolute atomic E-state index is 0.182. The van der Waals surface area contributed by atoms with Crippen molar-refractivity contribution in [2.24, 2.45) is 0 Å². The summed E-state index contributed by atoms with van der Waals surface area (Å²) in [5, 5.41) is 17.8. The Hall–Kier alpha value is -1.44. The Bertz CT molecular complexity index is 210. The molecule has 0 fully saturated rings. The van der Waals surface area contributed by atoms with Crippen LogP contribution in [0.15, 0.2) is 48.5 Å². The zero-order valence-corrected chi connectivity index (χ0v) is 6.49. The van der Waals surface area contributed by atoms with Crippen LogP contribution in [0.1, 0.15) is 6.92 Å². The van der Waals surface area contributed by atoms with Gasteiger partial charge >= 0.3 is 0 Å². The first-order chi connectivity index (χ1) is 5.22. The molecule has 0 aliphatic carbocycles. The van der Waals surface area contributed by atoms with Crippen LogP contribution in [0.25, 0.3) is 0 Å². The Morgan fingerprint density at radius 2 is 1.82 bits per heavy atom. The topological polar surface area (TPSA) is 40.5 Å². The molecule has 0 aliphatic heterocycles. The number of hydrogen-bond acceptors (Lipinski definition) is 2. The highest BCUT2D eigenvalue weighted by atomic mass is 16.3. The van der Waals surface area contributed by atoms with Gasteiger partial charge in [-0.2, -0.15) is 0 Å². The number of aliphatic hydroxyl groups is 2. The summed E-state index contributed by atoms with van der Waals surface area (Å²) in [7, 11) is 0. The van der Waals surface area contributed by atoms with Gasteiger partial charge in [-0.15, -0.1) is 0 Å². The van der Waals surface area contributed by atoms with Crippen LogP contribution in [0.3, 0.4) is 0 Å². The van der Waals surface area contributed by atoms with Crippen LogP contribution in [0, 0.1) is 0 Å². The van der Waals surface area contributed by atoms with Crippen LogP contribution in [0.2, 0.25) is 0 Å². The molecule has 0 atom stereocenters. The largest absolute Gasteiger partial charge is 0.504 e. The minimum atomic E-state index is -0.217. The molecule has 2 heteroatoms. The fourth-order valence-electron chi connectivity index (χ4n) is 0.448. The second-order valence-corrected chi connectivity index (χ2v) is 1.86. The Morgan fingerprint density at radius 3 is 2.27 bits per heavy atom. The van der Waals surface area contributed by atoms with E-state index in [4.69, 9.17) is 10.2 Å². The maximum atomic E-state index is 8.98. The van der Waals surface area contributed by atoms with Gasteiger partial charge in [0.2, 0.25) is 0 Å². The smallest absolute Gasteiger partial charge is 0.157 e. The molecular weight excluding hydrogens is 140 g/mol. The highest BCUT2D eigenvalue weighted by Crippen LogP contribution is 1.99. The van der Waals surface area contributed by atoms with Gasteiger partial charge in [0.1, 0.15) is 0 Å². The lowest BCUT2D eigenvalue weighted by atomic mass is 10.3. The van der Waals surface area contributed by atoms with Crippen LogP contribution in [0.5, 0.6) is 0 Å². The summed E-state index contributed by atoms with van der Waals surface area (Å²) in [6, 6.07) is 0. The van der Waals surface area contributed by atoms with E-state index < -0.39 is 0 Å². The fourth-order valence-corrected chi connectivity index (χ4v) is 0.448. The Balaban J connectivity index is 4.26. The van der Waals surface area contributed by atoms with Crippen molar-refractivity contribution in [3.8, 4) is 0 Å². The van der Waals surface area contributed by atoms with E-state index in [9.17, 15) is 0 Å². The predicted octanol–water partition coefficient (Wildman–Crippen LogP) is 2.63. The van der Waals surface area contributed by atoms with Gasteiger partial charge in [0.15, 0.2) is 11.5 Å². The third kappa shape index (κ3) is 4.03. The normalized spacial score (nSPS) is 13.9. The lowest BCUT2D eigenvalue weighted by Crippen LogP contribution is -1.81. The molecule has 0 aliphatic rings. The zero-order valence-electron chi connectivity index (χ0n) is 6.49. The van der Waals surface area contributed by atoms with E-state index in [0.29, 0.717) is 0 Å². The van der Waals surface area contributed by atoms with E-state index in [1.807, 2.05) is 13.0 Å². The van der Waals surface area contributed by atoms with Crippen molar-refractivity contribution < 1.29 is 10.2 Å². The van der Waals surface area contributed by atoms with E-state index in [-0.39, 0.29) is 11.5 Å². The third-order valence-corrected chi connectivity index (χ3v) is 1.01. The summed E-state index contributed by atoms with van der Waals surface area (Å²) in [4.78, 5) is 0. The summed E-state index contributed by atoms with van der Waals surface area (Å²) in [5.41, 5.74) is 0. The predicted molar refractivity (Wildman–Crippen MR) is 46.4 cm³/mol. The van der Waals surface area contributed by atoms with Crippen LogP contribution in [-0.2, 0) is 0 Å². The molecule has 2 N–H and O–H groups in total. The van der Waals surface area contributed by atoms with Crippen LogP contribution < -0.4 is 0 Å². The molecule has 2 nitrogen and oxygen atoms in total. The van der Waals surface area contributed by atoms with E-state index in [1.54, 1.807) is 12.2 Å². The molecule has 0 aromatic carbocycles. The van der Waals surface area contributed by atoms with Crippen molar-refractivity contribution in [1.29, 1.82) is 0 Å². The Kier molecular flexibility index (Phi) is 4.65. The number of rotatable bonds is 3. The van der Waals surface area contributed by atoms with Crippen LogP contribution in [0.4, 0.5) is 0 Å². The van der Waals surface area contributed by atoms with Gasteiger partial charge in [-0.05, 0) is 19.1 Å². The quantitative estimate of drug-likeness (QED) is 0.482. The molecule has 0 unspecified atom stereocenters. The Labute approximate surface area is 66.5 Å². The molecule has 0 saturated carbocycles. The maximum Gasteiger partial charge on any atom is 0.157 e. The molecule has 11 heavy (non-hydrogen) atoms. The summed E-state index contributed by atoms with van der Waals surface area (Å²) >= 11 is 0. The minimum Gasteiger partial charge on any atom is -0.504 e. The number of allylic oxidation sites excluding steroid dienone is 5. The number of aliphatic hydroxyl groups excluding tert-OH is 2. The van der Waals surface area contributed by atoms with Crippen LogP contribution in [-0.4, -0.2) is 10.2 Å². The summed E-state index contributed by atoms with van der Waals surface area (Å²) < 4.78 is 0. The fraction of sp³-hybridized carbons (Fsp3) is 0.111. The van der Waals surface area contributed by atoms with E-state index in [1.165, 1.54) is 12.2 Å². The van der Waals surface area contributed by atoms with Crippen molar-refractivity contribution in [1.82, 2.24) is 0 Å². The molecule has 60 valence electrons. The van der Waals surface area contributed by atoms with E-state index in [0.717, 1.165) is 0 Å². The lowest BCUT2D eigenvalue weighted by molar-refractivity contribution is 0.352. The van der Waals surface area contributed by atoms with Crippen molar-refractivity contribution in [3.63, 3.8) is 0 Å². The SMILES string of the molecule is C=C\C(O)=C(O)/C=C\C=C/C. The van der Waals surface area contributed by atoms with Crippen molar-refractivity contribution in [2.75, 3.05) is 0 Å². The van der Waals surface area contributed by atoms with Crippen molar-refractivity contribution in [2.45, 2.75) is 6.92 Å². The third-order valence-electron chi connectivity index (χ3n) is 1.01. The maximum absolute atomic E-state index is 8.98. The molecule has 0 amide bonds. The monoisotopic (exact) mass is 152 g/mol. The van der Waals surface area contributed by atoms with Crippen molar-refractivity contribution >= 4 is 0 Å². The molecule has 0 radical (unpaired) electrons. The van der Waals surface area contributed by atoms with Crippen LogP contribution >= 0.6 is 0 Å². The van der Waals surface area contributed by atoms with Gasteiger partial charge < -0.3 is 10.2 Å². The lowest BCUT2D eigenvalue weighted by Gasteiger charge is -1.91. The first kappa shape index (κ1) is 9.56. The molecule has 0 saturated heterocycles. The average Bonchev–Trinajstić information content (AvgIpc) is 2.03. The van der Waals surface area contributed by atoms with Gasteiger partial charge in [0.05, 0.1) is 0 Å². The average molecular weight is 152 g/mol. The van der Waals surface area contributed by atoms with Gasteiger partial charge in [-0.25, -0.2) is 0 Å². The van der Waals surface area contributed by atoms with E-state index >= 15 is 0 Å². The van der Waals surface area contributed by atoms with Gasteiger partial charge in [-0.1, -0.05) is 24.8 Å². The highest BCUT2D eigenvalue weighted by molar-refractivity contribution is 5.23. The zero-order chi connectivity index (χ0) is 8.69. The summed E-state index contributed by atoms with van der Waals surface area (Å²) in [5.74, 6) is -0.399. The molecule has 0 heterocycles. The van der Waals surface area contributed by atoms with Gasteiger partial charge in [0.25, 0.3) is 0 Å². The first-order valence-electron chi connectivity index (χ1n) is 3.26. The molecule has 0 rings (SSSR count). The summed E-state index contributed by atoms with van der Waals surface area (Å²) in [6.07, 6.45) is 7.74. The first-order valence-corrected chi connectivity index (χ1v) is 3.26. The Morgan fingerprint density at radius 1 is 1.18 bits per heavy atom. The molecular formula is C9H12O2. The van der Waals surface area contributed by atoms with Gasteiger partial charge in [0, 0.05) is 0 Å². The van der Waals surface area contributed by atoms with Crippen molar-refractivity contribution in [3.05, 3.63) is 48.5 Å². The molecule has 0 aromatic rings. The van der Waals surface area contributed by atoms with E-state index in [2.05, 4.69) is 6.58 Å². The summed E-state index contributed by atoms with van der Waals surface area (Å²) in [6.45, 7) is 5.15. The van der Waals surface area contributed by atoms with Gasteiger partial charge in [-0.3, -0.25) is 0 Å².